The highest BCUT2D eigenvalue weighted by Crippen LogP contribution is 2.33. The SMILES string of the molecule is COc1ccccc1-c1ccc2cnc(Nc3ccc4c(c3F)NC(=O)CC4)nn12. The molecule has 0 saturated heterocycles. The number of nitrogens with one attached hydrogen (secondary N) is 2. The minimum absolute atomic E-state index is 0.190. The number of para-hydroxylation sites is 1. The van der Waals surface area contributed by atoms with E-state index >= 15 is 0 Å². The Kier molecular flexibility index (Phi) is 4.31. The van der Waals surface area contributed by atoms with E-state index in [4.69, 9.17) is 4.74 Å². The number of halogens is 1. The quantitative estimate of drug-likeness (QED) is 0.535. The second kappa shape index (κ2) is 7.14. The van der Waals surface area contributed by atoms with E-state index in [2.05, 4.69) is 20.7 Å². The smallest absolute Gasteiger partial charge is 0.245 e. The first kappa shape index (κ1) is 18.1. The van der Waals surface area contributed by atoms with Crippen LogP contribution < -0.4 is 15.4 Å². The largest absolute Gasteiger partial charge is 0.496 e. The maximum Gasteiger partial charge on any atom is 0.245 e. The predicted molar refractivity (Wildman–Crippen MR) is 112 cm³/mol. The summed E-state index contributed by atoms with van der Waals surface area (Å²) < 4.78 is 22.1. The molecule has 0 radical (unpaired) electrons. The molecule has 1 aliphatic heterocycles. The zero-order valence-corrected chi connectivity index (χ0v) is 16.1. The highest BCUT2D eigenvalue weighted by molar-refractivity contribution is 5.94. The number of carbonyl (C=O) groups is 1. The molecular formula is C22H18FN5O2. The average Bonchev–Trinajstić information content (AvgIpc) is 3.19. The standard InChI is InChI=1S/C22H18FN5O2/c1-30-18-5-3-2-4-15(18)17-10-8-14-12-24-22(27-28(14)17)25-16-9-6-13-7-11-19(29)26-21(13)20(16)23/h2-6,8-10,12H,7,11H2,1H3,(H,25,27)(H,26,29). The Hall–Kier alpha value is -3.94. The second-order valence-corrected chi connectivity index (χ2v) is 6.97. The topological polar surface area (TPSA) is 80.5 Å². The summed E-state index contributed by atoms with van der Waals surface area (Å²) in [4.78, 5) is 15.9. The summed E-state index contributed by atoms with van der Waals surface area (Å²) in [5.41, 5.74) is 3.69. The number of methoxy groups -OCH3 is 1. The number of nitrogens with zero attached hydrogens (tertiary/aromatic N) is 3. The molecule has 0 bridgehead atoms. The maximum absolute atomic E-state index is 15.0. The van der Waals surface area contributed by atoms with E-state index in [0.29, 0.717) is 12.8 Å². The first-order valence-electron chi connectivity index (χ1n) is 9.50. The van der Waals surface area contributed by atoms with Crippen LogP contribution in [0, 0.1) is 5.82 Å². The van der Waals surface area contributed by atoms with Crippen molar-refractivity contribution < 1.29 is 13.9 Å². The third-order valence-corrected chi connectivity index (χ3v) is 5.14. The molecule has 3 heterocycles. The summed E-state index contributed by atoms with van der Waals surface area (Å²) in [6, 6.07) is 14.9. The average molecular weight is 403 g/mol. The lowest BCUT2D eigenvalue weighted by Crippen LogP contribution is -2.20. The number of hydrogen-bond donors (Lipinski definition) is 2. The molecule has 7 nitrogen and oxygen atoms in total. The van der Waals surface area contributed by atoms with Gasteiger partial charge >= 0.3 is 0 Å². The molecule has 0 fully saturated rings. The third kappa shape index (κ3) is 3.02. The first-order chi connectivity index (χ1) is 14.6. The summed E-state index contributed by atoms with van der Waals surface area (Å²) in [6.07, 6.45) is 2.54. The molecule has 2 aromatic carbocycles. The summed E-state index contributed by atoms with van der Waals surface area (Å²) in [5.74, 6) is 0.240. The van der Waals surface area contributed by atoms with Crippen LogP contribution in [0.4, 0.5) is 21.7 Å². The van der Waals surface area contributed by atoms with E-state index < -0.39 is 5.82 Å². The lowest BCUT2D eigenvalue weighted by atomic mass is 10.0. The van der Waals surface area contributed by atoms with Crippen LogP contribution in [0.2, 0.25) is 0 Å². The molecule has 8 heteroatoms. The normalized spacial score (nSPS) is 13.1. The number of anilines is 3. The van der Waals surface area contributed by atoms with Crippen LogP contribution in [0.3, 0.4) is 0 Å². The zero-order chi connectivity index (χ0) is 20.7. The van der Waals surface area contributed by atoms with Gasteiger partial charge in [-0.15, -0.1) is 5.10 Å². The van der Waals surface area contributed by atoms with Gasteiger partial charge in [-0.05, 0) is 42.3 Å². The van der Waals surface area contributed by atoms with Gasteiger partial charge in [0.1, 0.15) is 5.75 Å². The third-order valence-electron chi connectivity index (χ3n) is 5.14. The predicted octanol–water partition coefficient (Wildman–Crippen LogP) is 4.17. The van der Waals surface area contributed by atoms with Crippen molar-refractivity contribution in [1.29, 1.82) is 0 Å². The lowest BCUT2D eigenvalue weighted by Gasteiger charge is -2.19. The number of hydrogen-bond acceptors (Lipinski definition) is 5. The van der Waals surface area contributed by atoms with Gasteiger partial charge in [-0.1, -0.05) is 18.2 Å². The van der Waals surface area contributed by atoms with Gasteiger partial charge in [0.05, 0.1) is 35.9 Å². The number of benzene rings is 2. The van der Waals surface area contributed by atoms with Crippen LogP contribution in [0.5, 0.6) is 5.75 Å². The van der Waals surface area contributed by atoms with E-state index in [9.17, 15) is 9.18 Å². The van der Waals surface area contributed by atoms with Gasteiger partial charge in [0.25, 0.3) is 0 Å². The molecule has 0 atom stereocenters. The van der Waals surface area contributed by atoms with Crippen molar-refractivity contribution in [2.45, 2.75) is 12.8 Å². The molecule has 5 rings (SSSR count). The molecule has 30 heavy (non-hydrogen) atoms. The highest BCUT2D eigenvalue weighted by atomic mass is 19.1. The fourth-order valence-corrected chi connectivity index (χ4v) is 3.65. The van der Waals surface area contributed by atoms with E-state index in [-0.39, 0.29) is 23.2 Å². The summed E-state index contributed by atoms with van der Waals surface area (Å²) in [7, 11) is 1.62. The van der Waals surface area contributed by atoms with Crippen molar-refractivity contribution in [3.05, 3.63) is 66.1 Å². The van der Waals surface area contributed by atoms with Crippen LogP contribution in [-0.4, -0.2) is 27.6 Å². The van der Waals surface area contributed by atoms with Gasteiger partial charge in [-0.2, -0.15) is 0 Å². The van der Waals surface area contributed by atoms with Crippen molar-refractivity contribution in [1.82, 2.24) is 14.6 Å². The fourth-order valence-electron chi connectivity index (χ4n) is 3.65. The fraction of sp³-hybridized carbons (Fsp3) is 0.136. The van der Waals surface area contributed by atoms with Gasteiger partial charge in [0.15, 0.2) is 5.82 Å². The number of amides is 1. The van der Waals surface area contributed by atoms with Gasteiger partial charge in [0, 0.05) is 12.0 Å². The summed E-state index contributed by atoms with van der Waals surface area (Å²) >= 11 is 0. The highest BCUT2D eigenvalue weighted by Gasteiger charge is 2.21. The number of aryl methyl sites for hydroxylation is 1. The molecule has 1 amide bonds. The Balaban J connectivity index is 1.54. The number of carbonyl (C=O) groups excluding carboxylic acids is 1. The van der Waals surface area contributed by atoms with E-state index in [1.165, 1.54) is 0 Å². The van der Waals surface area contributed by atoms with Gasteiger partial charge < -0.3 is 15.4 Å². The molecule has 0 aliphatic carbocycles. The van der Waals surface area contributed by atoms with E-state index in [1.807, 2.05) is 36.4 Å². The number of ether oxygens (including phenoxy) is 1. The minimum Gasteiger partial charge on any atom is -0.496 e. The Morgan fingerprint density at radius 3 is 2.87 bits per heavy atom. The van der Waals surface area contributed by atoms with Gasteiger partial charge in [-0.25, -0.2) is 13.9 Å². The van der Waals surface area contributed by atoms with Crippen LogP contribution in [0.1, 0.15) is 12.0 Å². The molecule has 150 valence electrons. The Morgan fingerprint density at radius 1 is 1.13 bits per heavy atom. The van der Waals surface area contributed by atoms with Crippen molar-refractivity contribution in [2.24, 2.45) is 0 Å². The summed E-state index contributed by atoms with van der Waals surface area (Å²) in [6.45, 7) is 0. The maximum atomic E-state index is 15.0. The number of rotatable bonds is 4. The van der Waals surface area contributed by atoms with Crippen LogP contribution in [0.25, 0.3) is 16.8 Å². The zero-order valence-electron chi connectivity index (χ0n) is 16.1. The molecule has 0 spiro atoms. The second-order valence-electron chi connectivity index (χ2n) is 6.97. The molecule has 2 N–H and O–H groups in total. The molecule has 0 saturated carbocycles. The first-order valence-corrected chi connectivity index (χ1v) is 9.50. The van der Waals surface area contributed by atoms with Gasteiger partial charge in [0.2, 0.25) is 11.9 Å². The van der Waals surface area contributed by atoms with E-state index in [1.54, 1.807) is 30.0 Å². The number of fused-ring (bicyclic) bond motifs is 2. The number of aromatic nitrogens is 3. The molecular weight excluding hydrogens is 385 g/mol. The molecule has 4 aromatic rings. The van der Waals surface area contributed by atoms with Crippen molar-refractivity contribution >= 4 is 28.7 Å². The van der Waals surface area contributed by atoms with Crippen molar-refractivity contribution in [3.8, 4) is 17.0 Å². The minimum atomic E-state index is -0.526. The molecule has 0 unspecified atom stereocenters. The van der Waals surface area contributed by atoms with E-state index in [0.717, 1.165) is 28.1 Å². The van der Waals surface area contributed by atoms with Crippen molar-refractivity contribution in [3.63, 3.8) is 0 Å². The van der Waals surface area contributed by atoms with Crippen molar-refractivity contribution in [2.75, 3.05) is 17.7 Å². The Bertz CT molecular complexity index is 1280. The molecule has 2 aromatic heterocycles. The van der Waals surface area contributed by atoms with Crippen LogP contribution >= 0.6 is 0 Å². The molecule has 1 aliphatic rings. The van der Waals surface area contributed by atoms with Crippen LogP contribution in [0.15, 0.2) is 54.7 Å². The lowest BCUT2D eigenvalue weighted by molar-refractivity contribution is -0.116. The summed E-state index contributed by atoms with van der Waals surface area (Å²) in [5, 5.41) is 10.1. The van der Waals surface area contributed by atoms with Crippen LogP contribution in [-0.2, 0) is 11.2 Å². The van der Waals surface area contributed by atoms with Gasteiger partial charge in [-0.3, -0.25) is 4.79 Å². The Morgan fingerprint density at radius 2 is 2.00 bits per heavy atom. The monoisotopic (exact) mass is 403 g/mol. The Labute approximate surface area is 171 Å².